The fraction of sp³-hybridized carbons (Fsp3) is 0.438. The second-order valence-electron chi connectivity index (χ2n) is 5.73. The molecule has 3 rings (SSSR count). The Hall–Kier alpha value is -1.84. The Morgan fingerprint density at radius 3 is 2.65 bits per heavy atom. The zero-order valence-corrected chi connectivity index (χ0v) is 11.3. The van der Waals surface area contributed by atoms with Gasteiger partial charge in [0.05, 0.1) is 0 Å². The topological polar surface area (TPSA) is 40.5 Å². The van der Waals surface area contributed by atoms with E-state index in [-0.39, 0.29) is 5.82 Å². The van der Waals surface area contributed by atoms with E-state index in [1.807, 2.05) is 0 Å². The minimum atomic E-state index is -1.02. The SMILES string of the molecule is O=C(O)/C=C/c1cc(F)ccc1N1CC2CCCC2C1. The number of carbonyl (C=O) groups is 1. The van der Waals surface area contributed by atoms with Crippen LogP contribution in [-0.2, 0) is 4.79 Å². The fourth-order valence-corrected chi connectivity index (χ4v) is 3.54. The van der Waals surface area contributed by atoms with Gasteiger partial charge in [-0.3, -0.25) is 0 Å². The third-order valence-corrected chi connectivity index (χ3v) is 4.46. The maximum absolute atomic E-state index is 13.4. The van der Waals surface area contributed by atoms with Crippen molar-refractivity contribution in [2.45, 2.75) is 19.3 Å². The molecule has 0 bridgehead atoms. The molecule has 4 heteroatoms. The molecule has 0 amide bonds. The molecular weight excluding hydrogens is 257 g/mol. The van der Waals surface area contributed by atoms with E-state index in [2.05, 4.69) is 4.90 Å². The quantitative estimate of drug-likeness (QED) is 0.861. The van der Waals surface area contributed by atoms with Crippen LogP contribution in [0.3, 0.4) is 0 Å². The smallest absolute Gasteiger partial charge is 0.328 e. The first-order valence-electron chi connectivity index (χ1n) is 7.09. The summed E-state index contributed by atoms with van der Waals surface area (Å²) in [7, 11) is 0. The Bertz CT molecular complexity index is 543. The van der Waals surface area contributed by atoms with Crippen molar-refractivity contribution in [2.24, 2.45) is 11.8 Å². The molecule has 2 aliphatic rings. The Balaban J connectivity index is 1.87. The van der Waals surface area contributed by atoms with Crippen LogP contribution in [0.5, 0.6) is 0 Å². The third kappa shape index (κ3) is 2.55. The molecule has 0 aromatic heterocycles. The number of benzene rings is 1. The highest BCUT2D eigenvalue weighted by atomic mass is 19.1. The number of nitrogens with zero attached hydrogens (tertiary/aromatic N) is 1. The van der Waals surface area contributed by atoms with Gasteiger partial charge in [-0.15, -0.1) is 0 Å². The van der Waals surface area contributed by atoms with E-state index in [0.29, 0.717) is 5.56 Å². The summed E-state index contributed by atoms with van der Waals surface area (Å²) in [5.41, 5.74) is 1.59. The molecule has 1 heterocycles. The highest BCUT2D eigenvalue weighted by Gasteiger charge is 2.36. The van der Waals surface area contributed by atoms with Crippen molar-refractivity contribution in [2.75, 3.05) is 18.0 Å². The molecule has 2 unspecified atom stereocenters. The first kappa shape index (κ1) is 13.2. The van der Waals surface area contributed by atoms with Gasteiger partial charge in [0.15, 0.2) is 0 Å². The van der Waals surface area contributed by atoms with Crippen LogP contribution in [-0.4, -0.2) is 24.2 Å². The minimum absolute atomic E-state index is 0.335. The number of fused-ring (bicyclic) bond motifs is 1. The average Bonchev–Trinajstić information content (AvgIpc) is 2.97. The molecule has 0 spiro atoms. The van der Waals surface area contributed by atoms with Gasteiger partial charge in [0, 0.05) is 30.4 Å². The second-order valence-corrected chi connectivity index (χ2v) is 5.73. The maximum atomic E-state index is 13.4. The molecule has 1 saturated heterocycles. The molecule has 2 fully saturated rings. The third-order valence-electron chi connectivity index (χ3n) is 4.46. The number of carboxylic acids is 1. The lowest BCUT2D eigenvalue weighted by molar-refractivity contribution is -0.131. The minimum Gasteiger partial charge on any atom is -0.478 e. The molecule has 0 radical (unpaired) electrons. The van der Waals surface area contributed by atoms with Crippen LogP contribution < -0.4 is 4.90 Å². The summed E-state index contributed by atoms with van der Waals surface area (Å²) < 4.78 is 13.4. The number of hydrogen-bond acceptors (Lipinski definition) is 2. The van der Waals surface area contributed by atoms with Crippen LogP contribution in [0.15, 0.2) is 24.3 Å². The predicted molar refractivity (Wildman–Crippen MR) is 76.1 cm³/mol. The molecule has 1 N–H and O–H groups in total. The molecule has 1 aromatic rings. The normalized spacial score (nSPS) is 25.4. The molecule has 106 valence electrons. The van der Waals surface area contributed by atoms with Gasteiger partial charge in [0.1, 0.15) is 5.82 Å². The summed E-state index contributed by atoms with van der Waals surface area (Å²) in [6.07, 6.45) is 6.42. The molecule has 1 aliphatic carbocycles. The van der Waals surface area contributed by atoms with Crippen LogP contribution in [0.4, 0.5) is 10.1 Å². The van der Waals surface area contributed by atoms with Crippen molar-refractivity contribution >= 4 is 17.7 Å². The zero-order valence-electron chi connectivity index (χ0n) is 11.3. The fourth-order valence-electron chi connectivity index (χ4n) is 3.54. The highest BCUT2D eigenvalue weighted by molar-refractivity contribution is 5.87. The van der Waals surface area contributed by atoms with Gasteiger partial charge in [-0.25, -0.2) is 9.18 Å². The molecular formula is C16H18FNO2. The highest BCUT2D eigenvalue weighted by Crippen LogP contribution is 2.40. The number of rotatable bonds is 3. The lowest BCUT2D eigenvalue weighted by Gasteiger charge is -2.22. The lowest BCUT2D eigenvalue weighted by Crippen LogP contribution is -2.21. The summed E-state index contributed by atoms with van der Waals surface area (Å²) in [6, 6.07) is 4.61. The molecule has 1 aromatic carbocycles. The molecule has 1 aliphatic heterocycles. The molecule has 2 atom stereocenters. The summed E-state index contributed by atoms with van der Waals surface area (Å²) >= 11 is 0. The van der Waals surface area contributed by atoms with Gasteiger partial charge in [-0.2, -0.15) is 0 Å². The molecule has 3 nitrogen and oxygen atoms in total. The summed E-state index contributed by atoms with van der Waals surface area (Å²) in [4.78, 5) is 12.9. The van der Waals surface area contributed by atoms with Crippen LogP contribution in [0.25, 0.3) is 6.08 Å². The Morgan fingerprint density at radius 1 is 1.30 bits per heavy atom. The number of carboxylic acid groups (broad SMARTS) is 1. The molecule has 20 heavy (non-hydrogen) atoms. The first-order chi connectivity index (χ1) is 9.63. The Labute approximate surface area is 117 Å². The molecule has 1 saturated carbocycles. The van der Waals surface area contributed by atoms with E-state index in [4.69, 9.17) is 5.11 Å². The summed E-state index contributed by atoms with van der Waals surface area (Å²) in [5.74, 6) is 0.143. The van der Waals surface area contributed by atoms with Crippen molar-refractivity contribution in [1.29, 1.82) is 0 Å². The van der Waals surface area contributed by atoms with E-state index >= 15 is 0 Å². The van der Waals surface area contributed by atoms with E-state index in [1.54, 1.807) is 6.07 Å². The number of hydrogen-bond donors (Lipinski definition) is 1. The van der Waals surface area contributed by atoms with Crippen molar-refractivity contribution in [3.8, 4) is 0 Å². The predicted octanol–water partition coefficient (Wildman–Crippen LogP) is 3.16. The summed E-state index contributed by atoms with van der Waals surface area (Å²) in [5, 5.41) is 8.74. The van der Waals surface area contributed by atoms with Crippen molar-refractivity contribution in [3.05, 3.63) is 35.7 Å². The van der Waals surface area contributed by atoms with E-state index in [9.17, 15) is 9.18 Å². The van der Waals surface area contributed by atoms with Crippen LogP contribution in [0.2, 0.25) is 0 Å². The average molecular weight is 275 g/mol. The van der Waals surface area contributed by atoms with Gasteiger partial charge in [-0.05, 0) is 49.0 Å². The monoisotopic (exact) mass is 275 g/mol. The lowest BCUT2D eigenvalue weighted by atomic mass is 10.0. The number of halogens is 1. The van der Waals surface area contributed by atoms with Gasteiger partial charge < -0.3 is 10.0 Å². The second kappa shape index (κ2) is 5.27. The van der Waals surface area contributed by atoms with Gasteiger partial charge in [0.25, 0.3) is 0 Å². The largest absolute Gasteiger partial charge is 0.478 e. The number of anilines is 1. The van der Waals surface area contributed by atoms with E-state index in [1.165, 1.54) is 37.5 Å². The van der Waals surface area contributed by atoms with Gasteiger partial charge in [0.2, 0.25) is 0 Å². The van der Waals surface area contributed by atoms with Crippen LogP contribution in [0.1, 0.15) is 24.8 Å². The van der Waals surface area contributed by atoms with Crippen LogP contribution >= 0.6 is 0 Å². The van der Waals surface area contributed by atoms with Crippen molar-refractivity contribution in [1.82, 2.24) is 0 Å². The van der Waals surface area contributed by atoms with E-state index in [0.717, 1.165) is 36.7 Å². The van der Waals surface area contributed by atoms with Gasteiger partial charge >= 0.3 is 5.97 Å². The maximum Gasteiger partial charge on any atom is 0.328 e. The van der Waals surface area contributed by atoms with Crippen LogP contribution in [0, 0.1) is 17.7 Å². The number of aliphatic carboxylic acids is 1. The standard InChI is InChI=1S/C16H18FNO2/c17-14-5-6-15(11(8-14)4-7-16(19)20)18-9-12-2-1-3-13(12)10-18/h4-8,12-13H,1-3,9-10H2,(H,19,20)/b7-4+. The zero-order chi connectivity index (χ0) is 14.1. The summed E-state index contributed by atoms with van der Waals surface area (Å²) in [6.45, 7) is 2.01. The van der Waals surface area contributed by atoms with Gasteiger partial charge in [-0.1, -0.05) is 6.42 Å². The van der Waals surface area contributed by atoms with Crippen molar-refractivity contribution < 1.29 is 14.3 Å². The Morgan fingerprint density at radius 2 is 2.00 bits per heavy atom. The van der Waals surface area contributed by atoms with Crippen molar-refractivity contribution in [3.63, 3.8) is 0 Å². The first-order valence-corrected chi connectivity index (χ1v) is 7.09. The Kier molecular flexibility index (Phi) is 3.47. The van der Waals surface area contributed by atoms with E-state index < -0.39 is 5.97 Å².